The summed E-state index contributed by atoms with van der Waals surface area (Å²) in [6.07, 6.45) is 1.89. The van der Waals surface area contributed by atoms with Crippen molar-refractivity contribution >= 4 is 5.91 Å². The Bertz CT molecular complexity index is 632. The summed E-state index contributed by atoms with van der Waals surface area (Å²) in [6, 6.07) is 10.5. The summed E-state index contributed by atoms with van der Waals surface area (Å²) >= 11 is 0. The number of carbonyl (C=O) groups is 1. The van der Waals surface area contributed by atoms with Crippen LogP contribution in [0.25, 0.3) is 0 Å². The molecule has 0 radical (unpaired) electrons. The van der Waals surface area contributed by atoms with Gasteiger partial charge in [-0.25, -0.2) is 4.39 Å². The third kappa shape index (κ3) is 4.18. The lowest BCUT2D eigenvalue weighted by atomic mass is 10.3. The molecule has 0 spiro atoms. The minimum Gasteiger partial charge on any atom is -0.618 e. The van der Waals surface area contributed by atoms with Gasteiger partial charge in [0, 0.05) is 25.7 Å². The third-order valence-electron chi connectivity index (χ3n) is 3.11. The van der Waals surface area contributed by atoms with Gasteiger partial charge in [-0.1, -0.05) is 0 Å². The van der Waals surface area contributed by atoms with Gasteiger partial charge in [0.05, 0.1) is 6.61 Å². The van der Waals surface area contributed by atoms with Gasteiger partial charge in [0.2, 0.25) is 0 Å². The standard InChI is InChI=1S/C16H17FN2O3/c1-18(16(20)15-5-2-3-11-19(15)21)10-4-12-22-14-8-6-13(17)7-9-14/h2-3,5-9,11H,4,10,12H2,1H3. The number of hydrogen-bond donors (Lipinski definition) is 0. The molecular formula is C16H17FN2O3. The van der Waals surface area contributed by atoms with Crippen LogP contribution in [0.1, 0.15) is 16.9 Å². The highest BCUT2D eigenvalue weighted by molar-refractivity contribution is 5.90. The lowest BCUT2D eigenvalue weighted by Crippen LogP contribution is -2.40. The Hall–Kier alpha value is -2.63. The molecule has 6 heteroatoms. The van der Waals surface area contributed by atoms with Gasteiger partial charge in [-0.15, -0.1) is 0 Å². The maximum atomic E-state index is 12.7. The lowest BCUT2D eigenvalue weighted by Gasteiger charge is -2.16. The Kier molecular flexibility index (Phi) is 5.30. The van der Waals surface area contributed by atoms with Gasteiger partial charge in [-0.05, 0) is 36.8 Å². The number of ether oxygens (including phenoxy) is 1. The number of benzene rings is 1. The number of pyridine rings is 1. The molecule has 0 atom stereocenters. The minimum absolute atomic E-state index is 0.0875. The van der Waals surface area contributed by atoms with Crippen LogP contribution in [0.5, 0.6) is 5.75 Å². The molecule has 0 aliphatic rings. The maximum Gasteiger partial charge on any atom is 0.319 e. The van der Waals surface area contributed by atoms with E-state index in [4.69, 9.17) is 4.74 Å². The average Bonchev–Trinajstić information content (AvgIpc) is 2.53. The van der Waals surface area contributed by atoms with Gasteiger partial charge < -0.3 is 14.8 Å². The summed E-state index contributed by atoms with van der Waals surface area (Å²) in [6.45, 7) is 0.852. The smallest absolute Gasteiger partial charge is 0.319 e. The fraction of sp³-hybridized carbons (Fsp3) is 0.250. The Balaban J connectivity index is 1.78. The number of halogens is 1. The van der Waals surface area contributed by atoms with Crippen LogP contribution in [-0.2, 0) is 0 Å². The zero-order valence-electron chi connectivity index (χ0n) is 12.2. The van der Waals surface area contributed by atoms with Crippen LogP contribution in [0.3, 0.4) is 0 Å². The Morgan fingerprint density at radius 1 is 1.27 bits per heavy atom. The van der Waals surface area contributed by atoms with Crippen molar-refractivity contribution in [2.24, 2.45) is 0 Å². The fourth-order valence-electron chi connectivity index (χ4n) is 1.91. The van der Waals surface area contributed by atoms with E-state index in [2.05, 4.69) is 0 Å². The SMILES string of the molecule is CN(CCCOc1ccc(F)cc1)C(=O)c1cccc[n+]1[O-]. The number of rotatable bonds is 6. The molecular weight excluding hydrogens is 287 g/mol. The summed E-state index contributed by atoms with van der Waals surface area (Å²) in [4.78, 5) is 13.6. The molecule has 22 heavy (non-hydrogen) atoms. The van der Waals surface area contributed by atoms with E-state index in [1.807, 2.05) is 0 Å². The Morgan fingerprint density at radius 2 is 2.00 bits per heavy atom. The molecule has 0 saturated carbocycles. The van der Waals surface area contributed by atoms with Gasteiger partial charge in [-0.3, -0.25) is 4.79 Å². The lowest BCUT2D eigenvalue weighted by molar-refractivity contribution is -0.608. The first kappa shape index (κ1) is 15.8. The second kappa shape index (κ2) is 7.40. The van der Waals surface area contributed by atoms with Crippen LogP contribution < -0.4 is 9.47 Å². The quantitative estimate of drug-likeness (QED) is 0.466. The van der Waals surface area contributed by atoms with Gasteiger partial charge >= 0.3 is 5.91 Å². The number of carbonyl (C=O) groups excluding carboxylic acids is 1. The van der Waals surface area contributed by atoms with Gasteiger partial charge in [0.15, 0.2) is 6.20 Å². The summed E-state index contributed by atoms with van der Waals surface area (Å²) in [5, 5.41) is 11.5. The number of aromatic nitrogens is 1. The van der Waals surface area contributed by atoms with Crippen molar-refractivity contribution in [3.05, 3.63) is 65.4 Å². The van der Waals surface area contributed by atoms with Crippen LogP contribution in [0.15, 0.2) is 48.7 Å². The molecule has 1 aromatic carbocycles. The zero-order valence-corrected chi connectivity index (χ0v) is 12.2. The molecule has 0 aliphatic carbocycles. The molecule has 0 bridgehead atoms. The first-order valence-electron chi connectivity index (χ1n) is 6.90. The average molecular weight is 304 g/mol. The molecule has 0 unspecified atom stereocenters. The summed E-state index contributed by atoms with van der Waals surface area (Å²) < 4.78 is 18.7. The molecule has 5 nitrogen and oxygen atoms in total. The molecule has 0 saturated heterocycles. The van der Waals surface area contributed by atoms with E-state index in [0.717, 1.165) is 0 Å². The van der Waals surface area contributed by atoms with E-state index in [-0.39, 0.29) is 17.4 Å². The number of amides is 1. The Morgan fingerprint density at radius 3 is 2.68 bits per heavy atom. The van der Waals surface area contributed by atoms with Crippen LogP contribution in [-0.4, -0.2) is 31.0 Å². The molecule has 1 aromatic heterocycles. The first-order chi connectivity index (χ1) is 10.6. The largest absolute Gasteiger partial charge is 0.618 e. The maximum absolute atomic E-state index is 12.7. The van der Waals surface area contributed by atoms with E-state index < -0.39 is 0 Å². The highest BCUT2D eigenvalue weighted by atomic mass is 19.1. The van der Waals surface area contributed by atoms with Crippen LogP contribution in [0, 0.1) is 11.0 Å². The molecule has 0 N–H and O–H groups in total. The van der Waals surface area contributed by atoms with Crippen LogP contribution in [0.4, 0.5) is 4.39 Å². The van der Waals surface area contributed by atoms with Crippen molar-refractivity contribution in [3.63, 3.8) is 0 Å². The second-order valence-electron chi connectivity index (χ2n) is 4.79. The summed E-state index contributed by atoms with van der Waals surface area (Å²) in [5.74, 6) is -0.0697. The van der Waals surface area contributed by atoms with Gasteiger partial charge in [0.25, 0.3) is 5.69 Å². The van der Waals surface area contributed by atoms with E-state index in [1.54, 1.807) is 31.3 Å². The fourth-order valence-corrected chi connectivity index (χ4v) is 1.91. The topological polar surface area (TPSA) is 56.5 Å². The normalized spacial score (nSPS) is 10.3. The predicted octanol–water partition coefficient (Wildman–Crippen LogP) is 2.00. The van der Waals surface area contributed by atoms with Gasteiger partial charge in [0.1, 0.15) is 11.6 Å². The minimum atomic E-state index is -0.336. The molecule has 116 valence electrons. The highest BCUT2D eigenvalue weighted by Crippen LogP contribution is 2.11. The van der Waals surface area contributed by atoms with E-state index >= 15 is 0 Å². The van der Waals surface area contributed by atoms with Crippen molar-refractivity contribution in [3.8, 4) is 5.75 Å². The molecule has 1 heterocycles. The van der Waals surface area contributed by atoms with E-state index in [0.29, 0.717) is 30.1 Å². The van der Waals surface area contributed by atoms with Crippen molar-refractivity contribution in [2.75, 3.05) is 20.2 Å². The van der Waals surface area contributed by atoms with Crippen molar-refractivity contribution in [1.82, 2.24) is 4.90 Å². The molecule has 0 aliphatic heterocycles. The summed E-state index contributed by atoms with van der Waals surface area (Å²) in [7, 11) is 1.63. The predicted molar refractivity (Wildman–Crippen MR) is 78.9 cm³/mol. The highest BCUT2D eigenvalue weighted by Gasteiger charge is 2.19. The molecule has 0 fully saturated rings. The number of nitrogens with zero attached hydrogens (tertiary/aromatic N) is 2. The molecule has 2 aromatic rings. The number of hydrogen-bond acceptors (Lipinski definition) is 3. The zero-order chi connectivity index (χ0) is 15.9. The first-order valence-corrected chi connectivity index (χ1v) is 6.90. The van der Waals surface area contributed by atoms with Crippen molar-refractivity contribution in [2.45, 2.75) is 6.42 Å². The van der Waals surface area contributed by atoms with E-state index in [9.17, 15) is 14.4 Å². The molecule has 2 rings (SSSR count). The second-order valence-corrected chi connectivity index (χ2v) is 4.79. The Labute approximate surface area is 128 Å². The van der Waals surface area contributed by atoms with Crippen LogP contribution in [0.2, 0.25) is 0 Å². The van der Waals surface area contributed by atoms with Crippen LogP contribution >= 0.6 is 0 Å². The molecule has 1 amide bonds. The van der Waals surface area contributed by atoms with Gasteiger partial charge in [-0.2, -0.15) is 4.73 Å². The van der Waals surface area contributed by atoms with Crippen molar-refractivity contribution < 1.29 is 18.7 Å². The monoisotopic (exact) mass is 304 g/mol. The summed E-state index contributed by atoms with van der Waals surface area (Å²) in [5.41, 5.74) is 0.0875. The van der Waals surface area contributed by atoms with Crippen molar-refractivity contribution in [1.29, 1.82) is 0 Å². The van der Waals surface area contributed by atoms with E-state index in [1.165, 1.54) is 29.3 Å². The third-order valence-corrected chi connectivity index (χ3v) is 3.11.